The minimum absolute atomic E-state index is 0. The van der Waals surface area contributed by atoms with E-state index in [0.29, 0.717) is 0 Å². The van der Waals surface area contributed by atoms with Gasteiger partial charge in [-0.05, 0) is 37.6 Å². The van der Waals surface area contributed by atoms with Crippen molar-refractivity contribution in [2.24, 2.45) is 5.92 Å². The normalized spacial score (nSPS) is 20.5. The first-order valence-electron chi connectivity index (χ1n) is 7.88. The Morgan fingerprint density at radius 1 is 1.29 bits per heavy atom. The second-order valence-corrected chi connectivity index (χ2v) is 6.71. The van der Waals surface area contributed by atoms with Crippen LogP contribution in [0, 0.1) is 5.92 Å². The summed E-state index contributed by atoms with van der Waals surface area (Å²) in [5.74, 6) is 0.171. The molecule has 2 saturated heterocycles. The topological polar surface area (TPSA) is 53.6 Å². The van der Waals surface area contributed by atoms with Crippen LogP contribution < -0.4 is 15.5 Å². The van der Waals surface area contributed by atoms with Gasteiger partial charge in [0.05, 0.1) is 30.5 Å². The lowest BCUT2D eigenvalue weighted by atomic mass is 9.98. The van der Waals surface area contributed by atoms with Gasteiger partial charge in [0, 0.05) is 24.1 Å². The number of benzene rings is 1. The van der Waals surface area contributed by atoms with Gasteiger partial charge in [-0.3, -0.25) is 4.79 Å². The van der Waals surface area contributed by atoms with Crippen molar-refractivity contribution in [1.29, 1.82) is 0 Å². The minimum Gasteiger partial charge on any atom is -0.378 e. The first kappa shape index (κ1) is 21.5. The molecule has 24 heavy (non-hydrogen) atoms. The van der Waals surface area contributed by atoms with Gasteiger partial charge in [0.25, 0.3) is 0 Å². The largest absolute Gasteiger partial charge is 0.378 e. The van der Waals surface area contributed by atoms with Gasteiger partial charge < -0.3 is 20.3 Å². The monoisotopic (exact) mass is 439 g/mol. The molecule has 2 aliphatic rings. The summed E-state index contributed by atoms with van der Waals surface area (Å²) >= 11 is 3.50. The van der Waals surface area contributed by atoms with Crippen molar-refractivity contribution in [2.75, 3.05) is 49.6 Å². The molecule has 0 aliphatic carbocycles. The van der Waals surface area contributed by atoms with E-state index in [1.807, 2.05) is 12.1 Å². The maximum absolute atomic E-state index is 12.5. The molecule has 2 N–H and O–H groups in total. The van der Waals surface area contributed by atoms with E-state index in [9.17, 15) is 4.79 Å². The van der Waals surface area contributed by atoms with Crippen LogP contribution in [0.2, 0.25) is 0 Å². The zero-order valence-corrected chi connectivity index (χ0v) is 16.6. The summed E-state index contributed by atoms with van der Waals surface area (Å²) in [5.41, 5.74) is 1.95. The first-order chi connectivity index (χ1) is 10.7. The summed E-state index contributed by atoms with van der Waals surface area (Å²) in [5, 5.41) is 6.42. The molecule has 8 heteroatoms. The van der Waals surface area contributed by atoms with Gasteiger partial charge in [-0.1, -0.05) is 15.9 Å². The SMILES string of the molecule is Cl.Cl.O=C(Nc1cc(Br)ccc1N1CCOCC1)C1CCCNC1. The molecule has 2 heterocycles. The van der Waals surface area contributed by atoms with Crippen LogP contribution in [-0.2, 0) is 9.53 Å². The second-order valence-electron chi connectivity index (χ2n) is 5.79. The van der Waals surface area contributed by atoms with E-state index in [1.165, 1.54) is 0 Å². The number of hydrogen-bond acceptors (Lipinski definition) is 4. The summed E-state index contributed by atoms with van der Waals surface area (Å²) in [6.45, 7) is 4.96. The first-order valence-corrected chi connectivity index (χ1v) is 8.67. The van der Waals surface area contributed by atoms with E-state index in [1.54, 1.807) is 0 Å². The number of amides is 1. The lowest BCUT2D eigenvalue weighted by Crippen LogP contribution is -2.39. The minimum atomic E-state index is 0. The Kier molecular flexibility index (Phi) is 9.37. The highest BCUT2D eigenvalue weighted by Crippen LogP contribution is 2.30. The van der Waals surface area contributed by atoms with Gasteiger partial charge in [-0.2, -0.15) is 0 Å². The molecule has 2 fully saturated rings. The lowest BCUT2D eigenvalue weighted by molar-refractivity contribution is -0.120. The van der Waals surface area contributed by atoms with Crippen LogP contribution in [0.15, 0.2) is 22.7 Å². The van der Waals surface area contributed by atoms with E-state index >= 15 is 0 Å². The number of halogens is 3. The second kappa shape index (κ2) is 10.5. The van der Waals surface area contributed by atoms with Crippen molar-refractivity contribution in [3.63, 3.8) is 0 Å². The highest BCUT2D eigenvalue weighted by molar-refractivity contribution is 9.10. The molecule has 3 rings (SSSR count). The smallest absolute Gasteiger partial charge is 0.228 e. The van der Waals surface area contributed by atoms with Gasteiger partial charge in [-0.25, -0.2) is 0 Å². The number of carbonyl (C=O) groups is 1. The van der Waals surface area contributed by atoms with E-state index < -0.39 is 0 Å². The Morgan fingerprint density at radius 2 is 2.04 bits per heavy atom. The maximum Gasteiger partial charge on any atom is 0.228 e. The molecule has 0 aromatic heterocycles. The third kappa shape index (κ3) is 5.49. The molecule has 0 saturated carbocycles. The average molecular weight is 441 g/mol. The van der Waals surface area contributed by atoms with E-state index in [4.69, 9.17) is 4.74 Å². The van der Waals surface area contributed by atoms with Crippen molar-refractivity contribution in [3.05, 3.63) is 22.7 Å². The zero-order valence-electron chi connectivity index (χ0n) is 13.4. The fourth-order valence-corrected chi connectivity index (χ4v) is 3.36. The summed E-state index contributed by atoms with van der Waals surface area (Å²) in [4.78, 5) is 14.8. The Hall–Kier alpha value is -0.530. The van der Waals surface area contributed by atoms with Crippen molar-refractivity contribution in [3.8, 4) is 0 Å². The van der Waals surface area contributed by atoms with Crippen molar-refractivity contribution >= 4 is 58.0 Å². The summed E-state index contributed by atoms with van der Waals surface area (Å²) in [6.07, 6.45) is 2.02. The molecular weight excluding hydrogens is 417 g/mol. The molecular formula is C16H24BrCl2N3O2. The van der Waals surface area contributed by atoms with Crippen molar-refractivity contribution in [2.45, 2.75) is 12.8 Å². The molecule has 0 radical (unpaired) electrons. The van der Waals surface area contributed by atoms with Crippen molar-refractivity contribution in [1.82, 2.24) is 5.32 Å². The molecule has 5 nitrogen and oxygen atoms in total. The predicted octanol–water partition coefficient (Wildman–Crippen LogP) is 3.07. The molecule has 1 aromatic carbocycles. The molecule has 1 amide bonds. The lowest BCUT2D eigenvalue weighted by Gasteiger charge is -2.31. The van der Waals surface area contributed by atoms with E-state index in [-0.39, 0.29) is 36.6 Å². The Balaban J connectivity index is 0.00000144. The number of nitrogens with zero attached hydrogens (tertiary/aromatic N) is 1. The van der Waals surface area contributed by atoms with Crippen LogP contribution in [0.1, 0.15) is 12.8 Å². The van der Waals surface area contributed by atoms with Gasteiger partial charge in [0.15, 0.2) is 0 Å². The van der Waals surface area contributed by atoms with Gasteiger partial charge in [0.2, 0.25) is 5.91 Å². The summed E-state index contributed by atoms with van der Waals surface area (Å²) < 4.78 is 6.39. The number of nitrogens with one attached hydrogen (secondary N) is 2. The molecule has 2 aliphatic heterocycles. The third-order valence-corrected chi connectivity index (χ3v) is 4.73. The van der Waals surface area contributed by atoms with Crippen LogP contribution in [-0.4, -0.2) is 45.3 Å². The van der Waals surface area contributed by atoms with Crippen LogP contribution in [0.4, 0.5) is 11.4 Å². The quantitative estimate of drug-likeness (QED) is 0.758. The molecule has 1 atom stereocenters. The average Bonchev–Trinajstić information content (AvgIpc) is 2.56. The van der Waals surface area contributed by atoms with Gasteiger partial charge in [-0.15, -0.1) is 24.8 Å². The number of anilines is 2. The van der Waals surface area contributed by atoms with Crippen LogP contribution in [0.5, 0.6) is 0 Å². The fourth-order valence-electron chi connectivity index (χ4n) is 3.00. The number of rotatable bonds is 3. The Labute approximate surface area is 163 Å². The van der Waals surface area contributed by atoms with Crippen LogP contribution in [0.3, 0.4) is 0 Å². The van der Waals surface area contributed by atoms with Gasteiger partial charge >= 0.3 is 0 Å². The maximum atomic E-state index is 12.5. The molecule has 0 spiro atoms. The fraction of sp³-hybridized carbons (Fsp3) is 0.562. The van der Waals surface area contributed by atoms with Crippen LogP contribution in [0.25, 0.3) is 0 Å². The number of hydrogen-bond donors (Lipinski definition) is 2. The van der Waals surface area contributed by atoms with E-state index in [0.717, 1.165) is 68.1 Å². The number of morpholine rings is 1. The van der Waals surface area contributed by atoms with Gasteiger partial charge in [0.1, 0.15) is 0 Å². The highest BCUT2D eigenvalue weighted by Gasteiger charge is 2.23. The zero-order chi connectivity index (χ0) is 15.4. The molecule has 0 bridgehead atoms. The number of ether oxygens (including phenoxy) is 1. The number of piperidine rings is 1. The summed E-state index contributed by atoms with van der Waals surface area (Å²) in [7, 11) is 0. The summed E-state index contributed by atoms with van der Waals surface area (Å²) in [6, 6.07) is 6.06. The Bertz CT molecular complexity index is 536. The Morgan fingerprint density at radius 3 is 2.71 bits per heavy atom. The molecule has 1 aromatic rings. The van der Waals surface area contributed by atoms with Crippen molar-refractivity contribution < 1.29 is 9.53 Å². The molecule has 136 valence electrons. The highest BCUT2D eigenvalue weighted by atomic mass is 79.9. The predicted molar refractivity (Wildman–Crippen MR) is 106 cm³/mol. The standard InChI is InChI=1S/C16H22BrN3O2.2ClH/c17-13-3-4-15(20-6-8-22-9-7-20)14(10-13)19-16(21)12-2-1-5-18-11-12;;/h3-4,10,12,18H,1-2,5-9,11H2,(H,19,21);2*1H. The van der Waals surface area contributed by atoms with E-state index in [2.05, 4.69) is 37.5 Å². The van der Waals surface area contributed by atoms with Crippen LogP contribution >= 0.6 is 40.7 Å². The third-order valence-electron chi connectivity index (χ3n) is 4.24. The number of carbonyl (C=O) groups excluding carboxylic acids is 1. The molecule has 1 unspecified atom stereocenters.